The SMILES string of the molecule is COC(=O)C1CCC(C(=O)OC)C(C2CCCCCCCC2)C1. The van der Waals surface area contributed by atoms with E-state index in [0.717, 1.165) is 19.3 Å². The minimum absolute atomic E-state index is 0.0355. The Morgan fingerprint density at radius 2 is 1.30 bits per heavy atom. The van der Waals surface area contributed by atoms with Crippen LogP contribution in [0.3, 0.4) is 0 Å². The highest BCUT2D eigenvalue weighted by Crippen LogP contribution is 2.43. The number of methoxy groups -OCH3 is 2. The zero-order chi connectivity index (χ0) is 16.7. The van der Waals surface area contributed by atoms with Crippen molar-refractivity contribution < 1.29 is 19.1 Å². The molecule has 0 bridgehead atoms. The van der Waals surface area contributed by atoms with E-state index in [4.69, 9.17) is 9.47 Å². The summed E-state index contributed by atoms with van der Waals surface area (Å²) in [5.74, 6) is 0.549. The van der Waals surface area contributed by atoms with Crippen LogP contribution in [0, 0.1) is 23.7 Å². The minimum atomic E-state index is -0.110. The Hall–Kier alpha value is -1.06. The van der Waals surface area contributed by atoms with Gasteiger partial charge in [-0.3, -0.25) is 9.59 Å². The third-order valence-electron chi connectivity index (χ3n) is 5.94. The number of esters is 2. The van der Waals surface area contributed by atoms with Crippen LogP contribution in [0.5, 0.6) is 0 Å². The summed E-state index contributed by atoms with van der Waals surface area (Å²) in [7, 11) is 2.94. The lowest BCUT2D eigenvalue weighted by molar-refractivity contribution is -0.156. The summed E-state index contributed by atoms with van der Waals surface area (Å²) in [6.07, 6.45) is 12.4. The summed E-state index contributed by atoms with van der Waals surface area (Å²) in [5.41, 5.74) is 0. The number of ether oxygens (including phenoxy) is 2. The molecule has 2 aliphatic rings. The molecule has 2 fully saturated rings. The molecule has 2 aliphatic carbocycles. The van der Waals surface area contributed by atoms with Gasteiger partial charge in [0, 0.05) is 0 Å². The van der Waals surface area contributed by atoms with Crippen LogP contribution in [0.25, 0.3) is 0 Å². The van der Waals surface area contributed by atoms with E-state index in [1.807, 2.05) is 0 Å². The molecule has 132 valence electrons. The summed E-state index contributed by atoms with van der Waals surface area (Å²) in [6.45, 7) is 0. The summed E-state index contributed by atoms with van der Waals surface area (Å²) in [4.78, 5) is 24.2. The van der Waals surface area contributed by atoms with Gasteiger partial charge in [-0.25, -0.2) is 0 Å². The van der Waals surface area contributed by atoms with Gasteiger partial charge in [0.1, 0.15) is 0 Å². The van der Waals surface area contributed by atoms with E-state index in [9.17, 15) is 9.59 Å². The smallest absolute Gasteiger partial charge is 0.308 e. The van der Waals surface area contributed by atoms with Gasteiger partial charge in [-0.1, -0.05) is 51.4 Å². The number of hydrogen-bond acceptors (Lipinski definition) is 4. The molecule has 2 rings (SSSR count). The lowest BCUT2D eigenvalue weighted by Crippen LogP contribution is -2.38. The molecule has 2 saturated carbocycles. The van der Waals surface area contributed by atoms with Gasteiger partial charge in [0.05, 0.1) is 26.1 Å². The van der Waals surface area contributed by atoms with Crippen molar-refractivity contribution in [3.05, 3.63) is 0 Å². The van der Waals surface area contributed by atoms with Crippen LogP contribution < -0.4 is 0 Å². The van der Waals surface area contributed by atoms with Crippen LogP contribution in [0.15, 0.2) is 0 Å². The predicted octanol–water partition coefficient (Wildman–Crippen LogP) is 4.12. The molecule has 0 heterocycles. The van der Waals surface area contributed by atoms with Gasteiger partial charge in [-0.2, -0.15) is 0 Å². The maximum atomic E-state index is 12.2. The second kappa shape index (κ2) is 9.29. The Labute approximate surface area is 140 Å². The monoisotopic (exact) mass is 324 g/mol. The fraction of sp³-hybridized carbons (Fsp3) is 0.895. The molecular formula is C19H32O4. The first-order chi connectivity index (χ1) is 11.2. The molecule has 0 aromatic heterocycles. The molecule has 0 amide bonds. The number of carbonyl (C=O) groups excluding carboxylic acids is 2. The van der Waals surface area contributed by atoms with E-state index in [1.54, 1.807) is 0 Å². The van der Waals surface area contributed by atoms with Crippen molar-refractivity contribution in [1.29, 1.82) is 0 Å². The van der Waals surface area contributed by atoms with E-state index < -0.39 is 0 Å². The molecule has 3 atom stereocenters. The molecule has 4 nitrogen and oxygen atoms in total. The second-order valence-corrected chi connectivity index (χ2v) is 7.29. The van der Waals surface area contributed by atoms with E-state index in [0.29, 0.717) is 5.92 Å². The topological polar surface area (TPSA) is 52.6 Å². The first-order valence-electron chi connectivity index (χ1n) is 9.33. The van der Waals surface area contributed by atoms with Crippen molar-refractivity contribution in [1.82, 2.24) is 0 Å². The number of carbonyl (C=O) groups is 2. The molecular weight excluding hydrogens is 292 g/mol. The number of rotatable bonds is 3. The molecule has 0 radical (unpaired) electrons. The van der Waals surface area contributed by atoms with Crippen LogP contribution in [-0.4, -0.2) is 26.2 Å². The second-order valence-electron chi connectivity index (χ2n) is 7.29. The highest BCUT2D eigenvalue weighted by molar-refractivity contribution is 5.75. The molecule has 0 aliphatic heterocycles. The highest BCUT2D eigenvalue weighted by Gasteiger charge is 2.41. The van der Waals surface area contributed by atoms with Crippen molar-refractivity contribution in [3.8, 4) is 0 Å². The average molecular weight is 324 g/mol. The van der Waals surface area contributed by atoms with E-state index in [-0.39, 0.29) is 29.7 Å². The van der Waals surface area contributed by atoms with E-state index in [2.05, 4.69) is 0 Å². The molecule has 0 N–H and O–H groups in total. The molecule has 0 aromatic carbocycles. The van der Waals surface area contributed by atoms with Gasteiger partial charge >= 0.3 is 11.9 Å². The first kappa shape index (κ1) is 18.3. The molecule has 0 spiro atoms. The number of hydrogen-bond donors (Lipinski definition) is 0. The summed E-state index contributed by atoms with van der Waals surface area (Å²) < 4.78 is 10.0. The summed E-state index contributed by atoms with van der Waals surface area (Å²) in [5, 5.41) is 0. The molecule has 4 heteroatoms. The standard InChI is InChI=1S/C19H32O4/c1-22-18(20)15-11-12-16(19(21)23-2)17(13-15)14-9-7-5-3-4-6-8-10-14/h14-17H,3-13H2,1-2H3. The Balaban J connectivity index is 2.11. The predicted molar refractivity (Wildman–Crippen MR) is 88.8 cm³/mol. The molecule has 23 heavy (non-hydrogen) atoms. The van der Waals surface area contributed by atoms with Gasteiger partial charge in [0.25, 0.3) is 0 Å². The third-order valence-corrected chi connectivity index (χ3v) is 5.94. The zero-order valence-corrected chi connectivity index (χ0v) is 14.7. The van der Waals surface area contributed by atoms with E-state index >= 15 is 0 Å². The maximum absolute atomic E-state index is 12.2. The lowest BCUT2D eigenvalue weighted by atomic mass is 9.66. The molecule has 0 saturated heterocycles. The third kappa shape index (κ3) is 4.95. The van der Waals surface area contributed by atoms with Gasteiger partial charge in [-0.15, -0.1) is 0 Å². The van der Waals surface area contributed by atoms with Gasteiger partial charge in [-0.05, 0) is 31.1 Å². The van der Waals surface area contributed by atoms with Crippen molar-refractivity contribution in [2.75, 3.05) is 14.2 Å². The van der Waals surface area contributed by atoms with Crippen LogP contribution >= 0.6 is 0 Å². The quantitative estimate of drug-likeness (QED) is 0.733. The Bertz CT molecular complexity index is 383. The first-order valence-corrected chi connectivity index (χ1v) is 9.33. The fourth-order valence-corrected chi connectivity index (χ4v) is 4.64. The normalized spacial score (nSPS) is 30.6. The molecule has 0 aromatic rings. The van der Waals surface area contributed by atoms with Gasteiger partial charge < -0.3 is 9.47 Å². The largest absolute Gasteiger partial charge is 0.469 e. The zero-order valence-electron chi connectivity index (χ0n) is 14.7. The summed E-state index contributed by atoms with van der Waals surface area (Å²) in [6, 6.07) is 0. The highest BCUT2D eigenvalue weighted by atomic mass is 16.5. The summed E-state index contributed by atoms with van der Waals surface area (Å²) >= 11 is 0. The lowest BCUT2D eigenvalue weighted by Gasteiger charge is -2.38. The van der Waals surface area contributed by atoms with Gasteiger partial charge in [0.15, 0.2) is 0 Å². The van der Waals surface area contributed by atoms with Crippen molar-refractivity contribution in [2.24, 2.45) is 23.7 Å². The minimum Gasteiger partial charge on any atom is -0.469 e. The van der Waals surface area contributed by atoms with Crippen LogP contribution in [0.1, 0.15) is 70.6 Å². The Kier molecular flexibility index (Phi) is 7.38. The van der Waals surface area contributed by atoms with Crippen molar-refractivity contribution >= 4 is 11.9 Å². The van der Waals surface area contributed by atoms with Crippen LogP contribution in [0.4, 0.5) is 0 Å². The average Bonchev–Trinajstić information content (AvgIpc) is 2.73. The van der Waals surface area contributed by atoms with Crippen LogP contribution in [-0.2, 0) is 19.1 Å². The Morgan fingerprint density at radius 3 is 1.87 bits per heavy atom. The van der Waals surface area contributed by atoms with E-state index in [1.165, 1.54) is 65.6 Å². The fourth-order valence-electron chi connectivity index (χ4n) is 4.64. The van der Waals surface area contributed by atoms with Crippen molar-refractivity contribution in [2.45, 2.75) is 70.6 Å². The maximum Gasteiger partial charge on any atom is 0.308 e. The molecule has 3 unspecified atom stereocenters. The van der Waals surface area contributed by atoms with Crippen LogP contribution in [0.2, 0.25) is 0 Å². The van der Waals surface area contributed by atoms with Gasteiger partial charge in [0.2, 0.25) is 0 Å². The van der Waals surface area contributed by atoms with Crippen molar-refractivity contribution in [3.63, 3.8) is 0 Å². The Morgan fingerprint density at radius 1 is 0.739 bits per heavy atom.